The molecule has 2 amide bonds. The fourth-order valence-electron chi connectivity index (χ4n) is 1.68. The highest BCUT2D eigenvalue weighted by atomic mass is 16.2. The van der Waals surface area contributed by atoms with Crippen molar-refractivity contribution in [2.75, 3.05) is 10.6 Å². The number of amides is 2. The van der Waals surface area contributed by atoms with Crippen molar-refractivity contribution in [2.24, 2.45) is 0 Å². The summed E-state index contributed by atoms with van der Waals surface area (Å²) >= 11 is 0. The summed E-state index contributed by atoms with van der Waals surface area (Å²) in [4.78, 5) is 11.9. The van der Waals surface area contributed by atoms with Crippen LogP contribution in [-0.4, -0.2) is 6.03 Å². The van der Waals surface area contributed by atoms with Gasteiger partial charge in [0.05, 0.1) is 11.3 Å². The summed E-state index contributed by atoms with van der Waals surface area (Å²) in [5, 5.41) is 14.4. The van der Waals surface area contributed by atoms with Crippen LogP contribution in [0, 0.1) is 18.3 Å². The van der Waals surface area contributed by atoms with E-state index in [2.05, 4.69) is 10.6 Å². The molecule has 19 heavy (non-hydrogen) atoms. The van der Waals surface area contributed by atoms with Crippen LogP contribution in [0.15, 0.2) is 48.5 Å². The summed E-state index contributed by atoms with van der Waals surface area (Å²) in [6, 6.07) is 16.0. The Morgan fingerprint density at radius 2 is 1.58 bits per heavy atom. The maximum Gasteiger partial charge on any atom is 0.323 e. The standard InChI is InChI=1S/C15H13N3O/c1-11-6-2-4-8-13(11)17-15(19)18-14-9-5-3-7-12(14)10-16/h2-9H,1H3,(H2,17,18,19). The smallest absolute Gasteiger partial charge is 0.307 e. The van der Waals surface area contributed by atoms with Crippen molar-refractivity contribution < 1.29 is 4.79 Å². The first-order valence-corrected chi connectivity index (χ1v) is 5.83. The van der Waals surface area contributed by atoms with E-state index in [-0.39, 0.29) is 6.03 Å². The molecule has 4 heteroatoms. The quantitative estimate of drug-likeness (QED) is 0.857. The molecule has 0 fully saturated rings. The molecular weight excluding hydrogens is 238 g/mol. The number of urea groups is 1. The fraction of sp³-hybridized carbons (Fsp3) is 0.0667. The average Bonchev–Trinajstić information content (AvgIpc) is 2.42. The average molecular weight is 251 g/mol. The normalized spacial score (nSPS) is 9.47. The van der Waals surface area contributed by atoms with Gasteiger partial charge in [-0.2, -0.15) is 5.26 Å². The lowest BCUT2D eigenvalue weighted by molar-refractivity contribution is 0.262. The van der Waals surface area contributed by atoms with Crippen LogP contribution in [0.2, 0.25) is 0 Å². The molecule has 0 bridgehead atoms. The third kappa shape index (κ3) is 3.11. The number of hydrogen-bond acceptors (Lipinski definition) is 2. The molecule has 0 saturated carbocycles. The van der Waals surface area contributed by atoms with E-state index in [0.717, 1.165) is 11.3 Å². The van der Waals surface area contributed by atoms with Gasteiger partial charge in [0.15, 0.2) is 0 Å². The van der Waals surface area contributed by atoms with Crippen molar-refractivity contribution in [2.45, 2.75) is 6.92 Å². The molecule has 4 nitrogen and oxygen atoms in total. The van der Waals surface area contributed by atoms with Crippen molar-refractivity contribution >= 4 is 17.4 Å². The zero-order valence-electron chi connectivity index (χ0n) is 10.5. The van der Waals surface area contributed by atoms with Crippen LogP contribution in [0.1, 0.15) is 11.1 Å². The second kappa shape index (κ2) is 5.69. The molecule has 2 N–H and O–H groups in total. The molecule has 0 aromatic heterocycles. The van der Waals surface area contributed by atoms with E-state index >= 15 is 0 Å². The Kier molecular flexibility index (Phi) is 3.79. The van der Waals surface area contributed by atoms with Crippen LogP contribution in [0.4, 0.5) is 16.2 Å². The first kappa shape index (κ1) is 12.7. The topological polar surface area (TPSA) is 64.9 Å². The molecule has 0 atom stereocenters. The minimum absolute atomic E-state index is 0.364. The molecule has 0 saturated heterocycles. The first-order valence-electron chi connectivity index (χ1n) is 5.83. The third-order valence-corrected chi connectivity index (χ3v) is 2.69. The van der Waals surface area contributed by atoms with Gasteiger partial charge in [-0.25, -0.2) is 4.79 Å². The zero-order chi connectivity index (χ0) is 13.7. The molecule has 94 valence electrons. The number of nitrogens with one attached hydrogen (secondary N) is 2. The summed E-state index contributed by atoms with van der Waals surface area (Å²) < 4.78 is 0. The SMILES string of the molecule is Cc1ccccc1NC(=O)Nc1ccccc1C#N. The lowest BCUT2D eigenvalue weighted by Crippen LogP contribution is -2.20. The largest absolute Gasteiger partial charge is 0.323 e. The van der Waals surface area contributed by atoms with E-state index in [9.17, 15) is 4.79 Å². The lowest BCUT2D eigenvalue weighted by atomic mass is 10.2. The molecule has 2 aromatic rings. The summed E-state index contributed by atoms with van der Waals surface area (Å²) in [5.41, 5.74) is 2.65. The number of nitrogens with zero attached hydrogens (tertiary/aromatic N) is 1. The summed E-state index contributed by atoms with van der Waals surface area (Å²) in [5.74, 6) is 0. The molecule has 0 unspecified atom stereocenters. The maximum atomic E-state index is 11.9. The van der Waals surface area contributed by atoms with Crippen LogP contribution >= 0.6 is 0 Å². The van der Waals surface area contributed by atoms with Crippen molar-refractivity contribution in [3.8, 4) is 6.07 Å². The van der Waals surface area contributed by atoms with Gasteiger partial charge in [-0.05, 0) is 30.7 Å². The first-order chi connectivity index (χ1) is 9.20. The lowest BCUT2D eigenvalue weighted by Gasteiger charge is -2.10. The van der Waals surface area contributed by atoms with Crippen molar-refractivity contribution in [1.29, 1.82) is 5.26 Å². The summed E-state index contributed by atoms with van der Waals surface area (Å²) in [6.07, 6.45) is 0. The van der Waals surface area contributed by atoms with Gasteiger partial charge in [0.1, 0.15) is 6.07 Å². The van der Waals surface area contributed by atoms with E-state index < -0.39 is 0 Å². The number of nitriles is 1. The molecule has 0 aliphatic heterocycles. The second-order valence-corrected chi connectivity index (χ2v) is 4.05. The Morgan fingerprint density at radius 3 is 2.26 bits per heavy atom. The van der Waals surface area contributed by atoms with Gasteiger partial charge in [0.2, 0.25) is 0 Å². The van der Waals surface area contributed by atoms with E-state index in [0.29, 0.717) is 11.3 Å². The Hall–Kier alpha value is -2.80. The van der Waals surface area contributed by atoms with Gasteiger partial charge in [0.25, 0.3) is 0 Å². The third-order valence-electron chi connectivity index (χ3n) is 2.69. The molecule has 2 rings (SSSR count). The van der Waals surface area contributed by atoms with Gasteiger partial charge in [-0.15, -0.1) is 0 Å². The van der Waals surface area contributed by atoms with Crippen molar-refractivity contribution in [3.05, 3.63) is 59.7 Å². The van der Waals surface area contributed by atoms with Crippen LogP contribution in [0.25, 0.3) is 0 Å². The van der Waals surface area contributed by atoms with E-state index in [1.54, 1.807) is 24.3 Å². The van der Waals surface area contributed by atoms with Crippen molar-refractivity contribution in [1.82, 2.24) is 0 Å². The Balaban J connectivity index is 2.11. The Labute approximate surface area is 111 Å². The highest BCUT2D eigenvalue weighted by Gasteiger charge is 2.07. The van der Waals surface area contributed by atoms with Crippen LogP contribution < -0.4 is 10.6 Å². The van der Waals surface area contributed by atoms with Crippen LogP contribution in [0.3, 0.4) is 0 Å². The predicted molar refractivity (Wildman–Crippen MR) is 75.0 cm³/mol. The van der Waals surface area contributed by atoms with E-state index in [4.69, 9.17) is 5.26 Å². The zero-order valence-corrected chi connectivity index (χ0v) is 10.5. The fourth-order valence-corrected chi connectivity index (χ4v) is 1.68. The molecule has 0 spiro atoms. The van der Waals surface area contributed by atoms with E-state index in [1.807, 2.05) is 37.3 Å². The van der Waals surface area contributed by atoms with Gasteiger partial charge in [0, 0.05) is 5.69 Å². The number of carbonyl (C=O) groups excluding carboxylic acids is 1. The van der Waals surface area contributed by atoms with Gasteiger partial charge >= 0.3 is 6.03 Å². The number of benzene rings is 2. The van der Waals surface area contributed by atoms with Gasteiger partial charge < -0.3 is 10.6 Å². The van der Waals surface area contributed by atoms with Crippen LogP contribution in [0.5, 0.6) is 0 Å². The predicted octanol–water partition coefficient (Wildman–Crippen LogP) is 3.51. The summed E-state index contributed by atoms with van der Waals surface area (Å²) in [7, 11) is 0. The number of aryl methyl sites for hydroxylation is 1. The number of anilines is 2. The van der Waals surface area contributed by atoms with Crippen molar-refractivity contribution in [3.63, 3.8) is 0 Å². The Bertz CT molecular complexity index is 644. The van der Waals surface area contributed by atoms with Gasteiger partial charge in [-0.3, -0.25) is 0 Å². The summed E-state index contributed by atoms with van der Waals surface area (Å²) in [6.45, 7) is 1.92. The number of carbonyl (C=O) groups is 1. The number of hydrogen-bond donors (Lipinski definition) is 2. The Morgan fingerprint density at radius 1 is 1.00 bits per heavy atom. The maximum absolute atomic E-state index is 11.9. The molecule has 0 aliphatic rings. The van der Waals surface area contributed by atoms with E-state index in [1.165, 1.54) is 0 Å². The number of para-hydroxylation sites is 2. The minimum atomic E-state index is -0.364. The highest BCUT2D eigenvalue weighted by molar-refractivity contribution is 6.00. The molecule has 2 aromatic carbocycles. The molecule has 0 heterocycles. The van der Waals surface area contributed by atoms with Crippen LogP contribution in [-0.2, 0) is 0 Å². The highest BCUT2D eigenvalue weighted by Crippen LogP contribution is 2.16. The molecular formula is C15H13N3O. The second-order valence-electron chi connectivity index (χ2n) is 4.05. The minimum Gasteiger partial charge on any atom is -0.307 e. The number of rotatable bonds is 2. The molecule has 0 radical (unpaired) electrons. The monoisotopic (exact) mass is 251 g/mol. The van der Waals surface area contributed by atoms with Gasteiger partial charge in [-0.1, -0.05) is 30.3 Å². The molecule has 0 aliphatic carbocycles.